The minimum Gasteiger partial charge on any atom is -0.361 e. The lowest BCUT2D eigenvalue weighted by atomic mass is 9.70. The van der Waals surface area contributed by atoms with E-state index < -0.39 is 0 Å². The Hall–Kier alpha value is -3.78. The Kier molecular flexibility index (Phi) is 3.85. The molecular formula is C29H24N2. The van der Waals surface area contributed by atoms with Crippen molar-refractivity contribution in [3.63, 3.8) is 0 Å². The lowest BCUT2D eigenvalue weighted by Gasteiger charge is -2.32. The van der Waals surface area contributed by atoms with Crippen molar-refractivity contribution in [1.29, 1.82) is 0 Å². The quantitative estimate of drug-likeness (QED) is 0.353. The van der Waals surface area contributed by atoms with Crippen LogP contribution in [0.1, 0.15) is 41.6 Å². The average Bonchev–Trinajstić information content (AvgIpc) is 3.40. The van der Waals surface area contributed by atoms with Crippen molar-refractivity contribution in [1.82, 2.24) is 9.97 Å². The summed E-state index contributed by atoms with van der Waals surface area (Å²) in [5.41, 5.74) is 13.1. The zero-order valence-corrected chi connectivity index (χ0v) is 17.6. The van der Waals surface area contributed by atoms with Crippen LogP contribution in [0.3, 0.4) is 0 Å². The molecule has 2 nitrogen and oxygen atoms in total. The summed E-state index contributed by atoms with van der Waals surface area (Å²) in [4.78, 5) is 7.17. The molecule has 2 aromatic heterocycles. The van der Waals surface area contributed by atoms with Gasteiger partial charge in [0.1, 0.15) is 0 Å². The Morgan fingerprint density at radius 1 is 0.903 bits per heavy atom. The van der Waals surface area contributed by atoms with E-state index in [1.807, 2.05) is 0 Å². The van der Waals surface area contributed by atoms with E-state index in [4.69, 9.17) is 0 Å². The normalized spacial score (nSPS) is 17.9. The molecule has 2 aromatic carbocycles. The number of rotatable bonds is 3. The fourth-order valence-electron chi connectivity index (χ4n) is 5.17. The third-order valence-electron chi connectivity index (χ3n) is 6.73. The first kappa shape index (κ1) is 18.0. The van der Waals surface area contributed by atoms with Crippen LogP contribution in [0.5, 0.6) is 0 Å². The Labute approximate surface area is 182 Å². The van der Waals surface area contributed by atoms with Gasteiger partial charge in [-0.1, -0.05) is 74.7 Å². The van der Waals surface area contributed by atoms with E-state index in [0.717, 1.165) is 28.8 Å². The van der Waals surface area contributed by atoms with Gasteiger partial charge in [0.15, 0.2) is 0 Å². The topological polar surface area (TPSA) is 31.6 Å². The minimum atomic E-state index is 0.480. The number of H-pyrrole nitrogens is 2. The molecule has 0 radical (unpaired) electrons. The molecule has 0 saturated heterocycles. The molecule has 0 bridgehead atoms. The third kappa shape index (κ3) is 2.51. The summed E-state index contributed by atoms with van der Waals surface area (Å²) in [6, 6.07) is 19.1. The lowest BCUT2D eigenvalue weighted by Crippen LogP contribution is -2.12. The summed E-state index contributed by atoms with van der Waals surface area (Å²) in [6.45, 7) is 11.1. The maximum absolute atomic E-state index is 4.42. The summed E-state index contributed by atoms with van der Waals surface area (Å²) in [6.07, 6.45) is 7.68. The van der Waals surface area contributed by atoms with E-state index in [1.54, 1.807) is 0 Å². The molecule has 2 heteroatoms. The van der Waals surface area contributed by atoms with E-state index >= 15 is 0 Å². The van der Waals surface area contributed by atoms with Crippen LogP contribution in [0.2, 0.25) is 0 Å². The van der Waals surface area contributed by atoms with Gasteiger partial charge in [0.25, 0.3) is 0 Å². The number of hydrogen-bond donors (Lipinski definition) is 2. The van der Waals surface area contributed by atoms with Crippen molar-refractivity contribution in [2.24, 2.45) is 0 Å². The van der Waals surface area contributed by atoms with E-state index in [9.17, 15) is 0 Å². The van der Waals surface area contributed by atoms with Gasteiger partial charge in [0, 0.05) is 39.5 Å². The van der Waals surface area contributed by atoms with Gasteiger partial charge in [0.2, 0.25) is 0 Å². The average molecular weight is 401 g/mol. The van der Waals surface area contributed by atoms with Gasteiger partial charge < -0.3 is 9.97 Å². The number of fused-ring (bicyclic) bond motifs is 2. The van der Waals surface area contributed by atoms with Crippen LogP contribution < -0.4 is 0 Å². The Morgan fingerprint density at radius 3 is 2.48 bits per heavy atom. The molecule has 2 N–H and O–H groups in total. The second-order valence-corrected chi connectivity index (χ2v) is 8.56. The highest BCUT2D eigenvalue weighted by atomic mass is 14.7. The number of benzene rings is 2. The highest BCUT2D eigenvalue weighted by Gasteiger charge is 2.35. The predicted molar refractivity (Wildman–Crippen MR) is 132 cm³/mol. The second kappa shape index (κ2) is 6.61. The van der Waals surface area contributed by atoms with Crippen molar-refractivity contribution in [3.8, 4) is 11.3 Å². The minimum absolute atomic E-state index is 0.480. The van der Waals surface area contributed by atoms with E-state index in [2.05, 4.69) is 103 Å². The first-order chi connectivity index (χ1) is 15.1. The monoisotopic (exact) mass is 400 g/mol. The summed E-state index contributed by atoms with van der Waals surface area (Å²) in [7, 11) is 0. The van der Waals surface area contributed by atoms with E-state index in [0.29, 0.717) is 5.92 Å². The molecule has 2 heterocycles. The first-order valence-electron chi connectivity index (χ1n) is 10.8. The number of aromatic amines is 2. The van der Waals surface area contributed by atoms with Crippen molar-refractivity contribution in [2.75, 3.05) is 0 Å². The molecule has 1 atom stereocenters. The van der Waals surface area contributed by atoms with Crippen molar-refractivity contribution < 1.29 is 0 Å². The molecule has 4 aromatic rings. The van der Waals surface area contributed by atoms with Gasteiger partial charge in [-0.15, -0.1) is 0 Å². The Balaban J connectivity index is 1.67. The van der Waals surface area contributed by atoms with Gasteiger partial charge in [0.05, 0.1) is 5.69 Å². The lowest BCUT2D eigenvalue weighted by molar-refractivity contribution is 0.770. The molecule has 0 saturated carbocycles. The van der Waals surface area contributed by atoms with Crippen molar-refractivity contribution in [3.05, 3.63) is 114 Å². The van der Waals surface area contributed by atoms with Crippen molar-refractivity contribution in [2.45, 2.75) is 19.3 Å². The van der Waals surface area contributed by atoms with Crippen LogP contribution in [0.4, 0.5) is 0 Å². The summed E-state index contributed by atoms with van der Waals surface area (Å²) < 4.78 is 0. The molecule has 0 amide bonds. The molecule has 1 unspecified atom stereocenters. The maximum Gasteiger partial charge on any atom is 0.0544 e. The molecule has 2 aliphatic carbocycles. The summed E-state index contributed by atoms with van der Waals surface area (Å²) in [5.74, 6) is 0.480. The summed E-state index contributed by atoms with van der Waals surface area (Å²) >= 11 is 0. The molecular weight excluding hydrogens is 376 g/mol. The zero-order valence-electron chi connectivity index (χ0n) is 17.6. The van der Waals surface area contributed by atoms with Crippen LogP contribution >= 0.6 is 0 Å². The SMILES string of the molecule is C=C1C(=C)C(c2c(-c3ccccc3)[nH]c3ccccc23)=C1c1c[nH]c2c1C(C)CC=C2. The molecule has 31 heavy (non-hydrogen) atoms. The van der Waals surface area contributed by atoms with Crippen LogP contribution in [0.25, 0.3) is 39.4 Å². The molecule has 6 rings (SSSR count). The highest BCUT2D eigenvalue weighted by Crippen LogP contribution is 2.55. The van der Waals surface area contributed by atoms with Gasteiger partial charge >= 0.3 is 0 Å². The van der Waals surface area contributed by atoms with E-state index in [1.165, 1.54) is 44.5 Å². The standard InChI is InChI=1S/C29H24N2/c1-17-10-9-15-24-25(17)22(16-30-24)26-18(2)19(3)27(26)28-21-13-7-8-14-23(21)31-29(28)20-11-5-4-6-12-20/h4-9,11-17,30-31H,2-3,10H2,1H3. The molecule has 0 spiro atoms. The van der Waals surface area contributed by atoms with Crippen LogP contribution in [-0.4, -0.2) is 9.97 Å². The number of aromatic nitrogens is 2. The fourth-order valence-corrected chi connectivity index (χ4v) is 5.17. The second-order valence-electron chi connectivity index (χ2n) is 8.56. The van der Waals surface area contributed by atoms with Gasteiger partial charge in [-0.2, -0.15) is 0 Å². The first-order valence-corrected chi connectivity index (χ1v) is 10.8. The number of nitrogens with one attached hydrogen (secondary N) is 2. The van der Waals surface area contributed by atoms with Crippen LogP contribution in [-0.2, 0) is 0 Å². The third-order valence-corrected chi connectivity index (χ3v) is 6.73. The van der Waals surface area contributed by atoms with Gasteiger partial charge in [-0.25, -0.2) is 0 Å². The summed E-state index contributed by atoms with van der Waals surface area (Å²) in [5, 5.41) is 1.22. The molecule has 0 fully saturated rings. The van der Waals surface area contributed by atoms with Gasteiger partial charge in [-0.05, 0) is 52.3 Å². The molecule has 0 aliphatic heterocycles. The van der Waals surface area contributed by atoms with Crippen LogP contribution in [0.15, 0.2) is 91.2 Å². The largest absolute Gasteiger partial charge is 0.361 e. The number of hydrogen-bond acceptors (Lipinski definition) is 0. The van der Waals surface area contributed by atoms with Gasteiger partial charge in [-0.3, -0.25) is 0 Å². The predicted octanol–water partition coefficient (Wildman–Crippen LogP) is 7.72. The molecule has 150 valence electrons. The van der Waals surface area contributed by atoms with Crippen LogP contribution in [0, 0.1) is 0 Å². The maximum atomic E-state index is 4.42. The van der Waals surface area contributed by atoms with Crippen molar-refractivity contribution >= 4 is 28.1 Å². The Morgan fingerprint density at radius 2 is 1.65 bits per heavy atom. The highest BCUT2D eigenvalue weighted by molar-refractivity contribution is 6.23. The fraction of sp³-hybridized carbons (Fsp3) is 0.103. The number of allylic oxidation sites excluding steroid dienone is 5. The smallest absolute Gasteiger partial charge is 0.0544 e. The molecule has 2 aliphatic rings. The zero-order chi connectivity index (χ0) is 21.1. The Bertz CT molecular complexity index is 1440. The number of para-hydroxylation sites is 1. The van der Waals surface area contributed by atoms with E-state index in [-0.39, 0.29) is 0 Å².